The van der Waals surface area contributed by atoms with Gasteiger partial charge in [0.15, 0.2) is 17.2 Å². The predicted octanol–water partition coefficient (Wildman–Crippen LogP) is 3.69. The van der Waals surface area contributed by atoms with Gasteiger partial charge in [0.05, 0.1) is 6.26 Å². The van der Waals surface area contributed by atoms with Crippen LogP contribution in [0.5, 0.6) is 0 Å². The number of nitrogens with zero attached hydrogens (tertiary/aromatic N) is 4. The minimum Gasteiger partial charge on any atom is -0.461 e. The summed E-state index contributed by atoms with van der Waals surface area (Å²) in [5.74, 6) is -2.07. The quantitative estimate of drug-likeness (QED) is 0.345. The number of hydrogen-bond acceptors (Lipinski definition) is 6. The van der Waals surface area contributed by atoms with E-state index in [-0.39, 0.29) is 22.4 Å². The van der Waals surface area contributed by atoms with Crippen molar-refractivity contribution in [2.45, 2.75) is 23.6 Å². The third-order valence-corrected chi connectivity index (χ3v) is 5.86. The van der Waals surface area contributed by atoms with E-state index in [1.807, 2.05) is 0 Å². The number of fused-ring (bicyclic) bond motifs is 1. The van der Waals surface area contributed by atoms with Gasteiger partial charge >= 0.3 is 5.69 Å². The zero-order chi connectivity index (χ0) is 22.3. The molecule has 4 aromatic rings. The van der Waals surface area contributed by atoms with E-state index < -0.39 is 17.2 Å². The molecule has 10 heteroatoms. The van der Waals surface area contributed by atoms with Gasteiger partial charge in [-0.1, -0.05) is 18.2 Å². The molecule has 31 heavy (non-hydrogen) atoms. The summed E-state index contributed by atoms with van der Waals surface area (Å²) >= 11 is 1.20. The van der Waals surface area contributed by atoms with Gasteiger partial charge in [-0.15, -0.1) is 11.8 Å². The van der Waals surface area contributed by atoms with Crippen molar-refractivity contribution in [2.24, 2.45) is 14.1 Å². The van der Waals surface area contributed by atoms with E-state index in [1.165, 1.54) is 48.8 Å². The van der Waals surface area contributed by atoms with Crippen molar-refractivity contribution in [2.75, 3.05) is 0 Å². The highest BCUT2D eigenvalue weighted by Gasteiger charge is 2.24. The molecule has 0 aliphatic heterocycles. The molecule has 0 saturated carbocycles. The first-order valence-corrected chi connectivity index (χ1v) is 10.3. The highest BCUT2D eigenvalue weighted by Crippen LogP contribution is 2.31. The lowest BCUT2D eigenvalue weighted by Crippen LogP contribution is -2.37. The Balaban J connectivity index is 1.85. The molecule has 0 amide bonds. The number of aromatic nitrogens is 4. The van der Waals surface area contributed by atoms with Crippen LogP contribution in [0.25, 0.3) is 22.6 Å². The van der Waals surface area contributed by atoms with Crippen LogP contribution in [0.4, 0.5) is 8.78 Å². The highest BCUT2D eigenvalue weighted by atomic mass is 32.2. The molecule has 1 aromatic carbocycles. The Labute approximate surface area is 179 Å². The molecule has 0 N–H and O–H groups in total. The van der Waals surface area contributed by atoms with Crippen LogP contribution in [0.2, 0.25) is 0 Å². The minimum absolute atomic E-state index is 0.0901. The molecular formula is C21H18F2N4O3S. The molecule has 0 fully saturated rings. The molecule has 0 bridgehead atoms. The maximum atomic E-state index is 13.7. The Morgan fingerprint density at radius 3 is 2.55 bits per heavy atom. The Morgan fingerprint density at radius 1 is 1.10 bits per heavy atom. The maximum Gasteiger partial charge on any atom is 0.332 e. The van der Waals surface area contributed by atoms with Crippen LogP contribution in [0.1, 0.15) is 18.1 Å². The lowest BCUT2D eigenvalue weighted by molar-refractivity contribution is 0.0174. The SMILES string of the molecule is Cn1c(=O)c2c(SCc3cccc(C(C)(F)F)c3)nc(-c3ccco3)nc2n(C)c1=O. The number of rotatable bonds is 5. The molecule has 0 saturated heterocycles. The van der Waals surface area contributed by atoms with E-state index >= 15 is 0 Å². The monoisotopic (exact) mass is 444 g/mol. The van der Waals surface area contributed by atoms with Crippen molar-refractivity contribution < 1.29 is 13.2 Å². The number of furan rings is 1. The van der Waals surface area contributed by atoms with Gasteiger partial charge in [0.25, 0.3) is 11.5 Å². The number of aryl methyl sites for hydroxylation is 1. The molecule has 0 aliphatic carbocycles. The Hall–Kier alpha value is -3.27. The van der Waals surface area contributed by atoms with Crippen LogP contribution in [0.15, 0.2) is 61.7 Å². The number of halogens is 2. The fourth-order valence-electron chi connectivity index (χ4n) is 3.14. The van der Waals surface area contributed by atoms with Crippen molar-refractivity contribution in [3.05, 3.63) is 74.6 Å². The van der Waals surface area contributed by atoms with Gasteiger partial charge in [0.2, 0.25) is 0 Å². The molecule has 0 spiro atoms. The molecule has 0 atom stereocenters. The van der Waals surface area contributed by atoms with Gasteiger partial charge in [-0.25, -0.2) is 23.5 Å². The second kappa shape index (κ2) is 7.77. The molecule has 4 rings (SSSR count). The Morgan fingerprint density at radius 2 is 1.87 bits per heavy atom. The average molecular weight is 444 g/mol. The first-order chi connectivity index (χ1) is 14.7. The largest absolute Gasteiger partial charge is 0.461 e. The molecule has 160 valence electrons. The number of hydrogen-bond donors (Lipinski definition) is 0. The Kier molecular flexibility index (Phi) is 5.26. The normalized spacial score (nSPS) is 11.9. The summed E-state index contributed by atoms with van der Waals surface area (Å²) < 4.78 is 35.0. The topological polar surface area (TPSA) is 82.9 Å². The smallest absolute Gasteiger partial charge is 0.332 e. The third-order valence-electron chi connectivity index (χ3n) is 4.82. The molecule has 3 aromatic heterocycles. The fraction of sp³-hybridized carbons (Fsp3) is 0.238. The molecular weight excluding hydrogens is 426 g/mol. The van der Waals surface area contributed by atoms with Gasteiger partial charge in [-0.3, -0.25) is 13.9 Å². The van der Waals surface area contributed by atoms with Crippen LogP contribution < -0.4 is 11.2 Å². The second-order valence-corrected chi connectivity index (χ2v) is 8.08. The number of alkyl halides is 2. The van der Waals surface area contributed by atoms with Crippen LogP contribution in [0, 0.1) is 0 Å². The first kappa shape index (κ1) is 21.0. The minimum atomic E-state index is -2.96. The zero-order valence-electron chi connectivity index (χ0n) is 16.9. The summed E-state index contributed by atoms with van der Waals surface area (Å²) in [5, 5.41) is 0.517. The van der Waals surface area contributed by atoms with E-state index in [9.17, 15) is 18.4 Å². The molecule has 7 nitrogen and oxygen atoms in total. The van der Waals surface area contributed by atoms with Gasteiger partial charge < -0.3 is 4.42 Å². The van der Waals surface area contributed by atoms with E-state index in [4.69, 9.17) is 4.42 Å². The van der Waals surface area contributed by atoms with Gasteiger partial charge in [0, 0.05) is 32.3 Å². The van der Waals surface area contributed by atoms with Crippen molar-refractivity contribution >= 4 is 22.8 Å². The zero-order valence-corrected chi connectivity index (χ0v) is 17.7. The van der Waals surface area contributed by atoms with Crippen molar-refractivity contribution in [3.63, 3.8) is 0 Å². The van der Waals surface area contributed by atoms with E-state index in [0.29, 0.717) is 22.1 Å². The van der Waals surface area contributed by atoms with Crippen molar-refractivity contribution in [1.82, 2.24) is 19.1 Å². The van der Waals surface area contributed by atoms with Gasteiger partial charge in [0.1, 0.15) is 10.4 Å². The summed E-state index contributed by atoms with van der Waals surface area (Å²) in [6.07, 6.45) is 1.47. The molecule has 0 unspecified atom stereocenters. The average Bonchev–Trinajstić information content (AvgIpc) is 3.28. The fourth-order valence-corrected chi connectivity index (χ4v) is 4.09. The second-order valence-electron chi connectivity index (χ2n) is 7.11. The summed E-state index contributed by atoms with van der Waals surface area (Å²) in [7, 11) is 2.90. The van der Waals surface area contributed by atoms with Gasteiger partial charge in [-0.05, 0) is 23.8 Å². The lowest BCUT2D eigenvalue weighted by Gasteiger charge is -2.13. The maximum absolute atomic E-state index is 13.7. The van der Waals surface area contributed by atoms with Crippen molar-refractivity contribution in [1.29, 1.82) is 0 Å². The summed E-state index contributed by atoms with van der Waals surface area (Å²) in [6, 6.07) is 9.44. The lowest BCUT2D eigenvalue weighted by atomic mass is 10.1. The first-order valence-electron chi connectivity index (χ1n) is 9.28. The summed E-state index contributed by atoms with van der Waals surface area (Å²) in [5.41, 5.74) is -0.314. The van der Waals surface area contributed by atoms with Crippen LogP contribution in [-0.2, 0) is 25.8 Å². The summed E-state index contributed by atoms with van der Waals surface area (Å²) in [4.78, 5) is 34.1. The van der Waals surface area contributed by atoms with Crippen molar-refractivity contribution in [3.8, 4) is 11.6 Å². The van der Waals surface area contributed by atoms with Gasteiger partial charge in [-0.2, -0.15) is 0 Å². The highest BCUT2D eigenvalue weighted by molar-refractivity contribution is 7.98. The number of benzene rings is 1. The molecule has 0 radical (unpaired) electrons. The third kappa shape index (κ3) is 3.90. The predicted molar refractivity (Wildman–Crippen MR) is 113 cm³/mol. The van der Waals surface area contributed by atoms with E-state index in [1.54, 1.807) is 24.3 Å². The Bertz CT molecular complexity index is 1390. The van der Waals surface area contributed by atoms with E-state index in [0.717, 1.165) is 11.5 Å². The standard InChI is InChI=1S/C21H18F2N4O3S/c1-21(22,23)13-7-4-6-12(10-13)11-31-18-15-17(26(2)20(29)27(3)19(15)28)24-16(25-18)14-8-5-9-30-14/h4-10H,11H2,1-3H3. The van der Waals surface area contributed by atoms with Crippen LogP contribution in [-0.4, -0.2) is 19.1 Å². The van der Waals surface area contributed by atoms with Crippen LogP contribution in [0.3, 0.4) is 0 Å². The van der Waals surface area contributed by atoms with Crippen LogP contribution >= 0.6 is 11.8 Å². The van der Waals surface area contributed by atoms with E-state index in [2.05, 4.69) is 9.97 Å². The molecule has 3 heterocycles. The molecule has 0 aliphatic rings. The number of thioether (sulfide) groups is 1. The summed E-state index contributed by atoms with van der Waals surface area (Å²) in [6.45, 7) is 0.844.